The lowest BCUT2D eigenvalue weighted by Gasteiger charge is -2.05. The highest BCUT2D eigenvalue weighted by Gasteiger charge is 2.08. The van der Waals surface area contributed by atoms with Crippen molar-refractivity contribution in [2.75, 3.05) is 11.9 Å². The summed E-state index contributed by atoms with van der Waals surface area (Å²) in [4.78, 5) is 16.9. The van der Waals surface area contributed by atoms with Crippen LogP contribution in [-0.2, 0) is 4.79 Å². The van der Waals surface area contributed by atoms with E-state index in [1.807, 2.05) is 13.8 Å². The topological polar surface area (TPSA) is 51.2 Å². The van der Waals surface area contributed by atoms with Crippen molar-refractivity contribution in [1.82, 2.24) is 4.98 Å². The normalized spacial score (nSPS) is 10.3. The van der Waals surface area contributed by atoms with Gasteiger partial charge in [-0.2, -0.15) is 0 Å². The van der Waals surface area contributed by atoms with Crippen molar-refractivity contribution in [2.24, 2.45) is 0 Å². The van der Waals surface area contributed by atoms with E-state index in [9.17, 15) is 9.18 Å². The number of benzene rings is 1. The molecule has 0 aliphatic carbocycles. The summed E-state index contributed by atoms with van der Waals surface area (Å²) in [7, 11) is 0. The van der Waals surface area contributed by atoms with Gasteiger partial charge in [0.15, 0.2) is 11.7 Å². The quantitative estimate of drug-likeness (QED) is 0.936. The van der Waals surface area contributed by atoms with Crippen LogP contribution in [0, 0.1) is 19.7 Å². The van der Waals surface area contributed by atoms with Gasteiger partial charge in [-0.05, 0) is 38.1 Å². The Balaban J connectivity index is 1.86. The fourth-order valence-electron chi connectivity index (χ4n) is 1.36. The minimum atomic E-state index is -0.342. The predicted molar refractivity (Wildman–Crippen MR) is 72.1 cm³/mol. The molecular weight excluding hydrogens is 267 g/mol. The van der Waals surface area contributed by atoms with E-state index in [1.54, 1.807) is 0 Å². The lowest BCUT2D eigenvalue weighted by Crippen LogP contribution is -2.20. The van der Waals surface area contributed by atoms with Gasteiger partial charge in [-0.3, -0.25) is 10.1 Å². The molecule has 1 N–H and O–H groups in total. The van der Waals surface area contributed by atoms with Crippen molar-refractivity contribution in [3.8, 4) is 5.75 Å². The van der Waals surface area contributed by atoms with Crippen LogP contribution in [0.2, 0.25) is 0 Å². The van der Waals surface area contributed by atoms with Crippen molar-refractivity contribution in [2.45, 2.75) is 13.8 Å². The fraction of sp³-hybridized carbons (Fsp3) is 0.231. The van der Waals surface area contributed by atoms with E-state index in [0.717, 1.165) is 10.6 Å². The molecule has 19 heavy (non-hydrogen) atoms. The van der Waals surface area contributed by atoms with Crippen molar-refractivity contribution >= 4 is 22.4 Å². The maximum Gasteiger partial charge on any atom is 0.264 e. The van der Waals surface area contributed by atoms with E-state index in [-0.39, 0.29) is 18.3 Å². The number of carbonyl (C=O) groups is 1. The molecular formula is C13H13FN2O2S. The van der Waals surface area contributed by atoms with Crippen LogP contribution in [-0.4, -0.2) is 17.5 Å². The second kappa shape index (κ2) is 5.79. The third-order valence-electron chi connectivity index (χ3n) is 2.46. The summed E-state index contributed by atoms with van der Waals surface area (Å²) < 4.78 is 17.9. The highest BCUT2D eigenvalue weighted by Crippen LogP contribution is 2.21. The van der Waals surface area contributed by atoms with Crippen LogP contribution < -0.4 is 10.1 Å². The molecule has 0 spiro atoms. The van der Waals surface area contributed by atoms with Gasteiger partial charge in [-0.25, -0.2) is 9.37 Å². The van der Waals surface area contributed by atoms with Crippen molar-refractivity contribution in [1.29, 1.82) is 0 Å². The summed E-state index contributed by atoms with van der Waals surface area (Å²) in [6.07, 6.45) is 0. The molecule has 1 aromatic carbocycles. The molecule has 0 radical (unpaired) electrons. The second-order valence-electron chi connectivity index (χ2n) is 3.95. The number of carbonyl (C=O) groups excluding carboxylic acids is 1. The molecule has 100 valence electrons. The Kier molecular flexibility index (Phi) is 4.11. The molecule has 2 aromatic rings. The smallest absolute Gasteiger partial charge is 0.264 e. The van der Waals surface area contributed by atoms with Crippen LogP contribution in [0.1, 0.15) is 10.6 Å². The molecule has 0 fully saturated rings. The fourth-order valence-corrected chi connectivity index (χ4v) is 2.19. The first-order valence-corrected chi connectivity index (χ1v) is 6.48. The molecule has 0 aliphatic heterocycles. The first-order chi connectivity index (χ1) is 9.04. The monoisotopic (exact) mass is 280 g/mol. The van der Waals surface area contributed by atoms with E-state index in [0.29, 0.717) is 10.9 Å². The number of anilines is 1. The number of rotatable bonds is 4. The lowest BCUT2D eigenvalue weighted by atomic mass is 10.3. The lowest BCUT2D eigenvalue weighted by molar-refractivity contribution is -0.118. The Morgan fingerprint density at radius 3 is 2.63 bits per heavy atom. The third-order valence-corrected chi connectivity index (χ3v) is 3.45. The van der Waals surface area contributed by atoms with Gasteiger partial charge in [0.1, 0.15) is 11.6 Å². The van der Waals surface area contributed by atoms with Gasteiger partial charge in [0.25, 0.3) is 5.91 Å². The standard InChI is InChI=1S/C13H13FN2O2S/c1-8-9(2)19-13(15-8)16-12(17)7-18-11-5-3-10(14)4-6-11/h3-6H,7H2,1-2H3,(H,15,16,17). The molecule has 1 amide bonds. The molecule has 1 aromatic heterocycles. The SMILES string of the molecule is Cc1nc(NC(=O)COc2ccc(F)cc2)sc1C. The average molecular weight is 280 g/mol. The number of nitrogens with zero attached hydrogens (tertiary/aromatic N) is 1. The molecule has 0 saturated carbocycles. The van der Waals surface area contributed by atoms with Crippen LogP contribution in [0.4, 0.5) is 9.52 Å². The Morgan fingerprint density at radius 1 is 1.37 bits per heavy atom. The number of aryl methyl sites for hydroxylation is 2. The van der Waals surface area contributed by atoms with Crippen LogP contribution in [0.15, 0.2) is 24.3 Å². The van der Waals surface area contributed by atoms with Gasteiger partial charge in [-0.1, -0.05) is 0 Å². The summed E-state index contributed by atoms with van der Waals surface area (Å²) >= 11 is 1.42. The van der Waals surface area contributed by atoms with Gasteiger partial charge < -0.3 is 4.74 Å². The maximum absolute atomic E-state index is 12.7. The predicted octanol–water partition coefficient (Wildman–Crippen LogP) is 2.92. The van der Waals surface area contributed by atoms with Crippen molar-refractivity contribution < 1.29 is 13.9 Å². The molecule has 0 saturated heterocycles. The Hall–Kier alpha value is -1.95. The second-order valence-corrected chi connectivity index (χ2v) is 5.15. The highest BCUT2D eigenvalue weighted by atomic mass is 32.1. The first kappa shape index (κ1) is 13.5. The maximum atomic E-state index is 12.7. The summed E-state index contributed by atoms with van der Waals surface area (Å²) in [6, 6.07) is 5.50. The Labute approximate surface area is 114 Å². The van der Waals surface area contributed by atoms with Crippen LogP contribution in [0.5, 0.6) is 5.75 Å². The number of amides is 1. The van der Waals surface area contributed by atoms with Crippen LogP contribution in [0.3, 0.4) is 0 Å². The summed E-state index contributed by atoms with van der Waals surface area (Å²) in [6.45, 7) is 3.69. The minimum absolute atomic E-state index is 0.136. The number of nitrogens with one attached hydrogen (secondary N) is 1. The number of hydrogen-bond acceptors (Lipinski definition) is 4. The number of hydrogen-bond donors (Lipinski definition) is 1. The molecule has 1 heterocycles. The van der Waals surface area contributed by atoms with E-state index in [2.05, 4.69) is 10.3 Å². The zero-order valence-corrected chi connectivity index (χ0v) is 11.4. The highest BCUT2D eigenvalue weighted by molar-refractivity contribution is 7.15. The van der Waals surface area contributed by atoms with Gasteiger partial charge in [0.2, 0.25) is 0 Å². The number of thiazole rings is 1. The zero-order chi connectivity index (χ0) is 13.8. The summed E-state index contributed by atoms with van der Waals surface area (Å²) in [5, 5.41) is 3.21. The number of halogens is 1. The van der Waals surface area contributed by atoms with Crippen molar-refractivity contribution in [3.05, 3.63) is 40.7 Å². The first-order valence-electron chi connectivity index (χ1n) is 5.67. The van der Waals surface area contributed by atoms with E-state index in [1.165, 1.54) is 35.6 Å². The zero-order valence-electron chi connectivity index (χ0n) is 10.6. The Morgan fingerprint density at radius 2 is 2.05 bits per heavy atom. The van der Waals surface area contributed by atoms with Gasteiger partial charge in [-0.15, -0.1) is 11.3 Å². The van der Waals surface area contributed by atoms with E-state index in [4.69, 9.17) is 4.74 Å². The van der Waals surface area contributed by atoms with E-state index >= 15 is 0 Å². The molecule has 0 bridgehead atoms. The van der Waals surface area contributed by atoms with E-state index < -0.39 is 0 Å². The molecule has 2 rings (SSSR count). The largest absolute Gasteiger partial charge is 0.484 e. The molecule has 4 nitrogen and oxygen atoms in total. The number of aromatic nitrogens is 1. The third kappa shape index (κ3) is 3.75. The van der Waals surface area contributed by atoms with Gasteiger partial charge in [0, 0.05) is 4.88 Å². The minimum Gasteiger partial charge on any atom is -0.484 e. The Bertz CT molecular complexity index is 561. The van der Waals surface area contributed by atoms with Gasteiger partial charge in [0.05, 0.1) is 5.69 Å². The van der Waals surface area contributed by atoms with Gasteiger partial charge >= 0.3 is 0 Å². The molecule has 6 heteroatoms. The molecule has 0 unspecified atom stereocenters. The average Bonchev–Trinajstić information content (AvgIpc) is 2.67. The molecule has 0 aliphatic rings. The summed E-state index contributed by atoms with van der Waals surface area (Å²) in [5.41, 5.74) is 0.903. The van der Waals surface area contributed by atoms with Crippen LogP contribution >= 0.6 is 11.3 Å². The van der Waals surface area contributed by atoms with Crippen LogP contribution in [0.25, 0.3) is 0 Å². The number of ether oxygens (including phenoxy) is 1. The van der Waals surface area contributed by atoms with Crippen molar-refractivity contribution in [3.63, 3.8) is 0 Å². The molecule has 0 atom stereocenters. The summed E-state index contributed by atoms with van der Waals surface area (Å²) in [5.74, 6) is -0.188.